The Morgan fingerprint density at radius 2 is 1.77 bits per heavy atom. The average molecular weight is 486 g/mol. The predicted molar refractivity (Wildman–Crippen MR) is 128 cm³/mol. The van der Waals surface area contributed by atoms with Gasteiger partial charge in [0.25, 0.3) is 5.91 Å². The van der Waals surface area contributed by atoms with Gasteiger partial charge in [-0.25, -0.2) is 13.4 Å². The zero-order valence-electron chi connectivity index (χ0n) is 17.2. The Morgan fingerprint density at radius 1 is 1.10 bits per heavy atom. The van der Waals surface area contributed by atoms with Gasteiger partial charge in [0.1, 0.15) is 0 Å². The molecule has 6 nitrogen and oxygen atoms in total. The van der Waals surface area contributed by atoms with Crippen molar-refractivity contribution in [1.82, 2.24) is 9.88 Å². The summed E-state index contributed by atoms with van der Waals surface area (Å²) in [5, 5.41) is 0.636. The van der Waals surface area contributed by atoms with Crippen LogP contribution in [-0.2, 0) is 9.84 Å². The largest absolute Gasteiger partial charge is 0.308 e. The SMILES string of the molecule is CSc1ccc2nc(N(CCN(C)C)C(=O)c3ccc(S(C)(=O)=O)cc3)sc2c1.Cl. The first-order valence-electron chi connectivity index (χ1n) is 8.90. The minimum atomic E-state index is -3.31. The molecule has 0 fully saturated rings. The summed E-state index contributed by atoms with van der Waals surface area (Å²) in [4.78, 5) is 22.9. The molecule has 1 amide bonds. The monoisotopic (exact) mass is 485 g/mol. The molecule has 0 aliphatic rings. The molecule has 10 heteroatoms. The molecule has 3 rings (SSSR count). The molecular formula is C20H24ClN3O3S3. The van der Waals surface area contributed by atoms with Gasteiger partial charge in [-0.3, -0.25) is 9.69 Å². The van der Waals surface area contributed by atoms with Gasteiger partial charge in [-0.15, -0.1) is 24.2 Å². The molecule has 0 aliphatic heterocycles. The second-order valence-electron chi connectivity index (χ2n) is 6.89. The van der Waals surface area contributed by atoms with Crippen LogP contribution in [0.3, 0.4) is 0 Å². The molecule has 1 aromatic heterocycles. The number of hydrogen-bond acceptors (Lipinski definition) is 7. The van der Waals surface area contributed by atoms with Gasteiger partial charge in [-0.05, 0) is 62.8 Å². The number of aromatic nitrogens is 1. The van der Waals surface area contributed by atoms with E-state index in [1.54, 1.807) is 28.8 Å². The predicted octanol–water partition coefficient (Wildman–Crippen LogP) is 4.05. The molecule has 0 N–H and O–H groups in total. The molecule has 3 aromatic rings. The van der Waals surface area contributed by atoms with Gasteiger partial charge in [0, 0.05) is 29.8 Å². The third-order valence-corrected chi connectivity index (χ3v) is 7.26. The summed E-state index contributed by atoms with van der Waals surface area (Å²) in [5.41, 5.74) is 1.29. The lowest BCUT2D eigenvalue weighted by Crippen LogP contribution is -2.36. The van der Waals surface area contributed by atoms with Crippen molar-refractivity contribution in [2.24, 2.45) is 0 Å². The lowest BCUT2D eigenvalue weighted by atomic mass is 10.2. The number of amides is 1. The number of halogens is 1. The van der Waals surface area contributed by atoms with Gasteiger partial charge in [0.05, 0.1) is 15.1 Å². The maximum absolute atomic E-state index is 13.2. The van der Waals surface area contributed by atoms with Crippen molar-refractivity contribution in [1.29, 1.82) is 0 Å². The van der Waals surface area contributed by atoms with E-state index in [9.17, 15) is 13.2 Å². The fourth-order valence-electron chi connectivity index (χ4n) is 2.72. The number of rotatable bonds is 7. The maximum Gasteiger partial charge on any atom is 0.260 e. The summed E-state index contributed by atoms with van der Waals surface area (Å²) in [7, 11) is 0.595. The fraction of sp³-hybridized carbons (Fsp3) is 0.300. The number of hydrogen-bond donors (Lipinski definition) is 0. The number of nitrogens with zero attached hydrogens (tertiary/aromatic N) is 3. The molecule has 1 heterocycles. The van der Waals surface area contributed by atoms with Crippen LogP contribution in [-0.4, -0.2) is 63.9 Å². The van der Waals surface area contributed by atoms with Crippen LogP contribution in [0.25, 0.3) is 10.2 Å². The highest BCUT2D eigenvalue weighted by Gasteiger charge is 2.22. The zero-order chi connectivity index (χ0) is 21.2. The Hall–Kier alpha value is -1.65. The van der Waals surface area contributed by atoms with Gasteiger partial charge in [-0.1, -0.05) is 11.3 Å². The Morgan fingerprint density at radius 3 is 2.33 bits per heavy atom. The van der Waals surface area contributed by atoms with Crippen molar-refractivity contribution in [3.05, 3.63) is 48.0 Å². The van der Waals surface area contributed by atoms with Crippen molar-refractivity contribution in [3.63, 3.8) is 0 Å². The van der Waals surface area contributed by atoms with Crippen LogP contribution in [0.15, 0.2) is 52.3 Å². The molecule has 0 saturated carbocycles. The van der Waals surface area contributed by atoms with Crippen LogP contribution in [0.5, 0.6) is 0 Å². The molecule has 0 bridgehead atoms. The second-order valence-corrected chi connectivity index (χ2v) is 10.8. The highest BCUT2D eigenvalue weighted by Crippen LogP contribution is 2.32. The van der Waals surface area contributed by atoms with Crippen molar-refractivity contribution in [2.45, 2.75) is 9.79 Å². The topological polar surface area (TPSA) is 70.6 Å². The van der Waals surface area contributed by atoms with E-state index >= 15 is 0 Å². The van der Waals surface area contributed by atoms with Crippen molar-refractivity contribution < 1.29 is 13.2 Å². The molecule has 30 heavy (non-hydrogen) atoms. The van der Waals surface area contributed by atoms with Crippen molar-refractivity contribution >= 4 is 66.6 Å². The van der Waals surface area contributed by atoms with Gasteiger partial charge in [0.15, 0.2) is 15.0 Å². The highest BCUT2D eigenvalue weighted by atomic mass is 35.5. The number of carbonyl (C=O) groups excluding carboxylic acids is 1. The summed E-state index contributed by atoms with van der Waals surface area (Å²) < 4.78 is 24.4. The Balaban J connectivity index is 0.00000320. The van der Waals surface area contributed by atoms with Crippen molar-refractivity contribution in [2.75, 3.05) is 44.6 Å². The smallest absolute Gasteiger partial charge is 0.260 e. The van der Waals surface area contributed by atoms with E-state index in [1.807, 2.05) is 37.4 Å². The van der Waals surface area contributed by atoms with E-state index in [-0.39, 0.29) is 23.2 Å². The number of fused-ring (bicyclic) bond motifs is 1. The molecule has 0 radical (unpaired) electrons. The number of sulfone groups is 1. The van der Waals surface area contributed by atoms with E-state index < -0.39 is 9.84 Å². The summed E-state index contributed by atoms with van der Waals surface area (Å²) in [6, 6.07) is 12.1. The molecular weight excluding hydrogens is 462 g/mol. The Labute approximate surface area is 191 Å². The molecule has 2 aromatic carbocycles. The third kappa shape index (κ3) is 5.73. The van der Waals surface area contributed by atoms with Crippen LogP contribution in [0.2, 0.25) is 0 Å². The quantitative estimate of drug-likeness (QED) is 0.470. The standard InChI is InChI=1S/C20H23N3O3S3.ClH/c1-22(2)11-12-23(19(24)14-5-8-16(9-6-14)29(4,25)26)20-21-17-10-7-15(27-3)13-18(17)28-20;/h5-10,13H,11-12H2,1-4H3;1H. The van der Waals surface area contributed by atoms with Crippen LogP contribution in [0.4, 0.5) is 5.13 Å². The van der Waals surface area contributed by atoms with Crippen LogP contribution < -0.4 is 4.90 Å². The van der Waals surface area contributed by atoms with Crippen molar-refractivity contribution in [3.8, 4) is 0 Å². The normalized spacial score (nSPS) is 11.5. The molecule has 0 atom stereocenters. The lowest BCUT2D eigenvalue weighted by Gasteiger charge is -2.22. The van der Waals surface area contributed by atoms with Gasteiger partial charge >= 0.3 is 0 Å². The van der Waals surface area contributed by atoms with Crippen LogP contribution in [0, 0.1) is 0 Å². The Kier molecular flexibility index (Phi) is 8.29. The molecule has 0 aliphatic carbocycles. The molecule has 162 valence electrons. The minimum absolute atomic E-state index is 0. The summed E-state index contributed by atoms with van der Waals surface area (Å²) in [5.74, 6) is -0.198. The summed E-state index contributed by atoms with van der Waals surface area (Å²) in [6.07, 6.45) is 3.17. The first-order valence-corrected chi connectivity index (χ1v) is 12.8. The fourth-order valence-corrected chi connectivity index (χ4v) is 4.89. The number of thiazole rings is 1. The van der Waals surface area contributed by atoms with E-state index in [2.05, 4.69) is 11.1 Å². The molecule has 0 saturated heterocycles. The minimum Gasteiger partial charge on any atom is -0.308 e. The van der Waals surface area contributed by atoms with Crippen LogP contribution in [0.1, 0.15) is 10.4 Å². The zero-order valence-corrected chi connectivity index (χ0v) is 20.4. The average Bonchev–Trinajstić information content (AvgIpc) is 3.09. The third-order valence-electron chi connectivity index (χ3n) is 4.36. The highest BCUT2D eigenvalue weighted by molar-refractivity contribution is 7.98. The van der Waals surface area contributed by atoms with Gasteiger partial charge in [-0.2, -0.15) is 0 Å². The Bertz CT molecular complexity index is 1130. The van der Waals surface area contributed by atoms with Gasteiger partial charge < -0.3 is 4.90 Å². The van der Waals surface area contributed by atoms with E-state index in [0.29, 0.717) is 23.8 Å². The number of benzene rings is 2. The van der Waals surface area contributed by atoms with E-state index in [0.717, 1.165) is 21.4 Å². The number of thioether (sulfide) groups is 1. The maximum atomic E-state index is 13.2. The van der Waals surface area contributed by atoms with Crippen LogP contribution >= 0.6 is 35.5 Å². The first-order chi connectivity index (χ1) is 13.7. The number of anilines is 1. The number of carbonyl (C=O) groups is 1. The number of likely N-dealkylation sites (N-methyl/N-ethyl adjacent to an activating group) is 1. The first kappa shape index (κ1) is 24.6. The molecule has 0 spiro atoms. The van der Waals surface area contributed by atoms with Gasteiger partial charge in [0.2, 0.25) is 0 Å². The summed E-state index contributed by atoms with van der Waals surface area (Å²) in [6.45, 7) is 1.16. The van der Waals surface area contributed by atoms with E-state index in [4.69, 9.17) is 0 Å². The van der Waals surface area contributed by atoms with E-state index in [1.165, 1.54) is 23.5 Å². The summed E-state index contributed by atoms with van der Waals surface area (Å²) >= 11 is 3.15. The second kappa shape index (κ2) is 10.1. The lowest BCUT2D eigenvalue weighted by molar-refractivity contribution is 0.0985. The molecule has 0 unspecified atom stereocenters.